The van der Waals surface area contributed by atoms with Gasteiger partial charge in [-0.1, -0.05) is 17.3 Å². The molecule has 0 saturated heterocycles. The van der Waals surface area contributed by atoms with Crippen molar-refractivity contribution in [3.63, 3.8) is 0 Å². The number of rotatable bonds is 4. The molecule has 166 valence electrons. The summed E-state index contributed by atoms with van der Waals surface area (Å²) in [7, 11) is 1.00. The Labute approximate surface area is 185 Å². The van der Waals surface area contributed by atoms with Crippen molar-refractivity contribution in [2.45, 2.75) is 6.54 Å². The molecule has 2 aromatic carbocycles. The maximum absolute atomic E-state index is 14.6. The van der Waals surface area contributed by atoms with E-state index in [1.54, 1.807) is 30.5 Å². The van der Waals surface area contributed by atoms with Crippen molar-refractivity contribution < 1.29 is 23.8 Å². The summed E-state index contributed by atoms with van der Waals surface area (Å²) in [6.45, 7) is 0.0932. The molecule has 0 radical (unpaired) electrons. The highest BCUT2D eigenvalue weighted by Gasteiger charge is 2.15. The van der Waals surface area contributed by atoms with E-state index in [2.05, 4.69) is 20.3 Å². The van der Waals surface area contributed by atoms with Crippen molar-refractivity contribution in [1.82, 2.24) is 25.0 Å². The predicted molar refractivity (Wildman–Crippen MR) is 117 cm³/mol. The van der Waals surface area contributed by atoms with Crippen molar-refractivity contribution in [2.24, 2.45) is 0 Å². The predicted octanol–water partition coefficient (Wildman–Crippen LogP) is 3.67. The molecule has 3 aromatic heterocycles. The van der Waals surface area contributed by atoms with E-state index in [4.69, 9.17) is 10.2 Å². The number of carboxylic acids is 1. The van der Waals surface area contributed by atoms with Crippen LogP contribution < -0.4 is 0 Å². The number of aromatic nitrogens is 5. The summed E-state index contributed by atoms with van der Waals surface area (Å²) in [6, 6.07) is 13.8. The molecule has 0 aliphatic carbocycles. The van der Waals surface area contributed by atoms with Crippen molar-refractivity contribution in [3.05, 3.63) is 83.6 Å². The fourth-order valence-corrected chi connectivity index (χ4v) is 3.39. The van der Waals surface area contributed by atoms with Gasteiger partial charge in [0.05, 0.1) is 23.3 Å². The minimum atomic E-state index is -1.35. The lowest BCUT2D eigenvalue weighted by Gasteiger charge is -2.07. The molecule has 0 atom stereocenters. The Morgan fingerprint density at radius 1 is 1.00 bits per heavy atom. The largest absolute Gasteiger partial charge is 0.478 e. The highest BCUT2D eigenvalue weighted by molar-refractivity contribution is 5.88. The van der Waals surface area contributed by atoms with Crippen molar-refractivity contribution in [2.75, 3.05) is 7.11 Å². The van der Waals surface area contributed by atoms with Crippen molar-refractivity contribution in [3.8, 4) is 11.3 Å². The van der Waals surface area contributed by atoms with E-state index in [-0.39, 0.29) is 6.54 Å². The molecule has 33 heavy (non-hydrogen) atoms. The molecule has 0 aliphatic rings. The van der Waals surface area contributed by atoms with Gasteiger partial charge in [-0.25, -0.2) is 23.2 Å². The fourth-order valence-electron chi connectivity index (χ4n) is 3.39. The zero-order valence-electron chi connectivity index (χ0n) is 17.3. The van der Waals surface area contributed by atoms with Crippen LogP contribution >= 0.6 is 0 Å². The SMILES string of the molecule is CO.O=C(O)c1ccc(-c2ccc3nnn(Cc4cc5cccnc5cc4F)c3n2)cc1F. The van der Waals surface area contributed by atoms with Gasteiger partial charge in [-0.2, -0.15) is 0 Å². The first-order valence-electron chi connectivity index (χ1n) is 9.71. The molecule has 5 aromatic rings. The zero-order chi connectivity index (χ0) is 23.5. The van der Waals surface area contributed by atoms with Crippen LogP contribution in [0.2, 0.25) is 0 Å². The van der Waals surface area contributed by atoms with Gasteiger partial charge in [0.1, 0.15) is 17.2 Å². The Balaban J connectivity index is 0.00000126. The number of pyridine rings is 2. The number of aromatic carboxylic acids is 1. The van der Waals surface area contributed by atoms with E-state index in [1.807, 2.05) is 6.07 Å². The molecule has 0 aliphatic heterocycles. The van der Waals surface area contributed by atoms with Crippen LogP contribution in [-0.4, -0.2) is 48.3 Å². The maximum atomic E-state index is 14.6. The van der Waals surface area contributed by atoms with E-state index in [9.17, 15) is 13.6 Å². The number of benzene rings is 2. The first-order chi connectivity index (χ1) is 16.0. The van der Waals surface area contributed by atoms with Gasteiger partial charge in [0.15, 0.2) is 5.65 Å². The van der Waals surface area contributed by atoms with Crippen LogP contribution in [0.3, 0.4) is 0 Å². The standard InChI is InChI=1S/C22H13F2N5O2.CH4O/c23-16-10-20-12(2-1-7-25-20)8-14(16)11-29-21-19(27-28-29)6-5-18(26-21)13-3-4-15(22(30)31)17(24)9-13;1-2/h1-10H,11H2,(H,30,31);2H,1H3. The van der Waals surface area contributed by atoms with Crippen molar-refractivity contribution >= 4 is 28.0 Å². The minimum absolute atomic E-state index is 0.0932. The molecule has 0 amide bonds. The van der Waals surface area contributed by atoms with Gasteiger partial charge in [0.25, 0.3) is 0 Å². The Morgan fingerprint density at radius 2 is 1.82 bits per heavy atom. The fraction of sp³-hybridized carbons (Fsp3) is 0.0870. The zero-order valence-corrected chi connectivity index (χ0v) is 17.3. The Kier molecular flexibility index (Phi) is 6.01. The molecule has 0 unspecified atom stereocenters. The summed E-state index contributed by atoms with van der Waals surface area (Å²) >= 11 is 0. The van der Waals surface area contributed by atoms with E-state index < -0.39 is 23.2 Å². The third-order valence-electron chi connectivity index (χ3n) is 4.95. The van der Waals surface area contributed by atoms with E-state index >= 15 is 0 Å². The van der Waals surface area contributed by atoms with Crippen LogP contribution in [0.25, 0.3) is 33.3 Å². The second-order valence-electron chi connectivity index (χ2n) is 6.93. The molecule has 0 spiro atoms. The van der Waals surface area contributed by atoms with Crippen LogP contribution in [0.1, 0.15) is 15.9 Å². The molecule has 2 N–H and O–H groups in total. The summed E-state index contributed by atoms with van der Waals surface area (Å²) < 4.78 is 30.1. The van der Waals surface area contributed by atoms with Crippen LogP contribution in [0, 0.1) is 11.6 Å². The third-order valence-corrected chi connectivity index (χ3v) is 4.95. The summed E-state index contributed by atoms with van der Waals surface area (Å²) in [6.07, 6.45) is 1.60. The lowest BCUT2D eigenvalue weighted by atomic mass is 10.1. The number of fused-ring (bicyclic) bond motifs is 2. The van der Waals surface area contributed by atoms with Gasteiger partial charge in [-0.05, 0) is 36.4 Å². The summed E-state index contributed by atoms with van der Waals surface area (Å²) in [4.78, 5) is 19.7. The van der Waals surface area contributed by atoms with Crippen LogP contribution in [0.4, 0.5) is 8.78 Å². The lowest BCUT2D eigenvalue weighted by Crippen LogP contribution is -2.05. The average Bonchev–Trinajstić information content (AvgIpc) is 3.22. The molecule has 0 bridgehead atoms. The van der Waals surface area contributed by atoms with E-state index in [1.165, 1.54) is 22.9 Å². The topological polar surface area (TPSA) is 114 Å². The van der Waals surface area contributed by atoms with Crippen molar-refractivity contribution in [1.29, 1.82) is 0 Å². The normalized spacial score (nSPS) is 10.8. The van der Waals surface area contributed by atoms with Crippen LogP contribution in [0.15, 0.2) is 60.8 Å². The van der Waals surface area contributed by atoms with E-state index in [0.717, 1.165) is 18.6 Å². The first-order valence-corrected chi connectivity index (χ1v) is 9.71. The van der Waals surface area contributed by atoms with Gasteiger partial charge in [-0.3, -0.25) is 4.98 Å². The molecule has 3 heterocycles. The second kappa shape index (κ2) is 9.05. The van der Waals surface area contributed by atoms with Crippen LogP contribution in [-0.2, 0) is 6.54 Å². The van der Waals surface area contributed by atoms with Gasteiger partial charge >= 0.3 is 5.97 Å². The monoisotopic (exact) mass is 449 g/mol. The second-order valence-corrected chi connectivity index (χ2v) is 6.93. The average molecular weight is 449 g/mol. The Hall–Kier alpha value is -4.31. The highest BCUT2D eigenvalue weighted by atomic mass is 19.1. The summed E-state index contributed by atoms with van der Waals surface area (Å²) in [5, 5.41) is 24.9. The number of carboxylic acid groups (broad SMARTS) is 1. The number of aliphatic hydroxyl groups excluding tert-OH is 1. The maximum Gasteiger partial charge on any atom is 0.338 e. The molecule has 0 saturated carbocycles. The minimum Gasteiger partial charge on any atom is -0.478 e. The molecule has 8 nitrogen and oxygen atoms in total. The van der Waals surface area contributed by atoms with Gasteiger partial charge < -0.3 is 10.2 Å². The summed E-state index contributed by atoms with van der Waals surface area (Å²) in [5.41, 5.74) is 2.24. The highest BCUT2D eigenvalue weighted by Crippen LogP contribution is 2.24. The lowest BCUT2D eigenvalue weighted by molar-refractivity contribution is 0.0692. The number of hydrogen-bond acceptors (Lipinski definition) is 6. The Morgan fingerprint density at radius 3 is 2.58 bits per heavy atom. The molecular formula is C23H17F2N5O3. The quantitative estimate of drug-likeness (QED) is 0.430. The molecule has 0 fully saturated rings. The molecule has 10 heteroatoms. The first kappa shape index (κ1) is 21.9. The number of carbonyl (C=O) groups is 1. The smallest absolute Gasteiger partial charge is 0.338 e. The van der Waals surface area contributed by atoms with E-state index in [0.29, 0.717) is 33.5 Å². The van der Waals surface area contributed by atoms with Gasteiger partial charge in [0.2, 0.25) is 0 Å². The number of hydrogen-bond donors (Lipinski definition) is 2. The summed E-state index contributed by atoms with van der Waals surface area (Å²) in [5.74, 6) is -2.62. The number of halogens is 2. The molecular weight excluding hydrogens is 432 g/mol. The Bertz CT molecular complexity index is 1490. The number of aliphatic hydroxyl groups is 1. The van der Waals surface area contributed by atoms with Gasteiger partial charge in [0, 0.05) is 35.9 Å². The molecule has 5 rings (SSSR count). The van der Waals surface area contributed by atoms with Crippen LogP contribution in [0.5, 0.6) is 0 Å². The number of nitrogens with zero attached hydrogens (tertiary/aromatic N) is 5. The third kappa shape index (κ3) is 4.23. The van der Waals surface area contributed by atoms with Gasteiger partial charge in [-0.15, -0.1) is 5.10 Å².